The number of hydrogen-bond donors (Lipinski definition) is 1. The summed E-state index contributed by atoms with van der Waals surface area (Å²) in [4.78, 5) is 2.65. The lowest BCUT2D eigenvalue weighted by Gasteiger charge is -2.32. The Balaban J connectivity index is 1.51. The summed E-state index contributed by atoms with van der Waals surface area (Å²) in [7, 11) is -3.56. The molecule has 146 valence electrons. The first-order valence-electron chi connectivity index (χ1n) is 9.56. The Bertz CT molecular complexity index is 816. The quantitative estimate of drug-likeness (QED) is 0.754. The van der Waals surface area contributed by atoms with Crippen molar-refractivity contribution >= 4 is 10.0 Å². The van der Waals surface area contributed by atoms with Crippen molar-refractivity contribution in [1.29, 1.82) is 0 Å². The van der Waals surface area contributed by atoms with Crippen LogP contribution in [0.15, 0.2) is 59.5 Å². The van der Waals surface area contributed by atoms with E-state index in [4.69, 9.17) is 4.74 Å². The summed E-state index contributed by atoms with van der Waals surface area (Å²) >= 11 is 0. The van der Waals surface area contributed by atoms with Crippen LogP contribution >= 0.6 is 0 Å². The molecule has 0 bridgehead atoms. The van der Waals surface area contributed by atoms with Gasteiger partial charge in [-0.15, -0.1) is 0 Å². The van der Waals surface area contributed by atoms with Gasteiger partial charge in [-0.05, 0) is 56.5 Å². The molecule has 0 amide bonds. The second kappa shape index (κ2) is 9.35. The average Bonchev–Trinajstić information content (AvgIpc) is 2.69. The number of sulfonamides is 1. The van der Waals surface area contributed by atoms with Crippen molar-refractivity contribution in [2.24, 2.45) is 5.92 Å². The van der Waals surface area contributed by atoms with E-state index in [9.17, 15) is 8.42 Å². The molecule has 0 unspecified atom stereocenters. The first kappa shape index (κ1) is 19.9. The first-order chi connectivity index (χ1) is 13.1. The van der Waals surface area contributed by atoms with Crippen molar-refractivity contribution in [3.8, 4) is 5.75 Å². The van der Waals surface area contributed by atoms with Crippen molar-refractivity contribution in [1.82, 2.24) is 9.62 Å². The van der Waals surface area contributed by atoms with Gasteiger partial charge in [-0.3, -0.25) is 4.90 Å². The van der Waals surface area contributed by atoms with Crippen molar-refractivity contribution < 1.29 is 13.2 Å². The number of benzene rings is 2. The number of piperidine rings is 1. The molecule has 1 N–H and O–H groups in total. The molecule has 0 aliphatic carbocycles. The monoisotopic (exact) mass is 388 g/mol. The van der Waals surface area contributed by atoms with Crippen LogP contribution in [0, 0.1) is 5.92 Å². The second-order valence-corrected chi connectivity index (χ2v) is 8.67. The van der Waals surface area contributed by atoms with Gasteiger partial charge in [0.15, 0.2) is 0 Å². The normalized spacial score (nSPS) is 16.3. The van der Waals surface area contributed by atoms with Gasteiger partial charge in [0.1, 0.15) is 10.6 Å². The summed E-state index contributed by atoms with van der Waals surface area (Å²) in [6.07, 6.45) is 2.00. The van der Waals surface area contributed by atoms with E-state index in [-0.39, 0.29) is 4.90 Å². The Morgan fingerprint density at radius 1 is 1.04 bits per heavy atom. The lowest BCUT2D eigenvalue weighted by molar-refractivity contribution is 0.178. The first-order valence-corrected chi connectivity index (χ1v) is 11.0. The molecule has 1 aliphatic rings. The number of rotatable bonds is 8. The zero-order chi connectivity index (χ0) is 19.1. The van der Waals surface area contributed by atoms with E-state index < -0.39 is 10.0 Å². The molecule has 0 spiro atoms. The largest absolute Gasteiger partial charge is 0.492 e. The molecule has 0 radical (unpaired) electrons. The fourth-order valence-corrected chi connectivity index (χ4v) is 4.70. The molecule has 3 rings (SSSR count). The fraction of sp³-hybridized carbons (Fsp3) is 0.429. The summed E-state index contributed by atoms with van der Waals surface area (Å²) in [6.45, 7) is 5.71. The van der Waals surface area contributed by atoms with Crippen LogP contribution in [0.4, 0.5) is 0 Å². The Morgan fingerprint density at radius 2 is 1.70 bits per heavy atom. The summed E-state index contributed by atoms with van der Waals surface area (Å²) in [5.41, 5.74) is 1.32. The molecule has 1 fully saturated rings. The topological polar surface area (TPSA) is 58.6 Å². The predicted octanol–water partition coefficient (Wildman–Crippen LogP) is 3.28. The van der Waals surface area contributed by atoms with Crippen LogP contribution in [-0.2, 0) is 16.6 Å². The molecule has 0 saturated carbocycles. The minimum Gasteiger partial charge on any atom is -0.492 e. The third-order valence-electron chi connectivity index (χ3n) is 4.96. The highest BCUT2D eigenvalue weighted by atomic mass is 32.2. The molecule has 2 aromatic carbocycles. The van der Waals surface area contributed by atoms with Crippen molar-refractivity contribution in [3.63, 3.8) is 0 Å². The third kappa shape index (κ3) is 5.54. The molecule has 6 heteroatoms. The number of ether oxygens (including phenoxy) is 1. The molecule has 27 heavy (non-hydrogen) atoms. The van der Waals surface area contributed by atoms with Crippen molar-refractivity contribution in [2.45, 2.75) is 31.2 Å². The molecule has 1 saturated heterocycles. The van der Waals surface area contributed by atoms with Crippen LogP contribution in [0.2, 0.25) is 0 Å². The molecule has 0 atom stereocenters. The van der Waals surface area contributed by atoms with E-state index in [2.05, 4.69) is 33.9 Å². The maximum Gasteiger partial charge on any atom is 0.244 e. The Hall–Kier alpha value is -1.89. The van der Waals surface area contributed by atoms with Crippen LogP contribution in [0.1, 0.15) is 25.3 Å². The Morgan fingerprint density at radius 3 is 2.41 bits per heavy atom. The van der Waals surface area contributed by atoms with Crippen molar-refractivity contribution in [3.05, 3.63) is 60.2 Å². The lowest BCUT2D eigenvalue weighted by atomic mass is 9.97. The standard InChI is InChI=1S/C21H28N2O3S/c1-2-26-20-10-6-7-11-21(20)27(24,25)22-16-18-12-14-23(15-13-18)17-19-8-4-3-5-9-19/h3-11,18,22H,2,12-17H2,1H3. The van der Waals surface area contributed by atoms with Crippen LogP contribution < -0.4 is 9.46 Å². The number of hydrogen-bond acceptors (Lipinski definition) is 4. The third-order valence-corrected chi connectivity index (χ3v) is 6.42. The lowest BCUT2D eigenvalue weighted by Crippen LogP contribution is -2.38. The summed E-state index contributed by atoms with van der Waals surface area (Å²) in [6, 6.07) is 17.3. The zero-order valence-electron chi connectivity index (χ0n) is 15.8. The molecular formula is C21H28N2O3S. The summed E-state index contributed by atoms with van der Waals surface area (Å²) in [5.74, 6) is 0.774. The second-order valence-electron chi connectivity index (χ2n) is 6.94. The van der Waals surface area contributed by atoms with Crippen molar-refractivity contribution in [2.75, 3.05) is 26.2 Å². The Kier molecular flexibility index (Phi) is 6.88. The van der Waals surface area contributed by atoms with Gasteiger partial charge in [0.25, 0.3) is 0 Å². The van der Waals surface area contributed by atoms with Gasteiger partial charge in [-0.25, -0.2) is 13.1 Å². The molecule has 2 aromatic rings. The zero-order valence-corrected chi connectivity index (χ0v) is 16.6. The van der Waals surface area contributed by atoms with E-state index in [1.54, 1.807) is 24.3 Å². The Labute approximate surface area is 162 Å². The number of para-hydroxylation sites is 1. The van der Waals surface area contributed by atoms with E-state index >= 15 is 0 Å². The average molecular weight is 389 g/mol. The van der Waals surface area contributed by atoms with Crippen LogP contribution in [0.5, 0.6) is 5.75 Å². The van der Waals surface area contributed by atoms with Gasteiger partial charge in [-0.2, -0.15) is 0 Å². The van der Waals surface area contributed by atoms with Crippen LogP contribution in [-0.4, -0.2) is 39.6 Å². The minimum atomic E-state index is -3.56. The molecule has 1 heterocycles. The SMILES string of the molecule is CCOc1ccccc1S(=O)(=O)NCC1CCN(Cc2ccccc2)CC1. The number of nitrogens with one attached hydrogen (secondary N) is 1. The molecule has 5 nitrogen and oxygen atoms in total. The molecule has 0 aromatic heterocycles. The number of likely N-dealkylation sites (tertiary alicyclic amines) is 1. The molecule has 1 aliphatic heterocycles. The van der Waals surface area contributed by atoms with E-state index in [1.165, 1.54) is 5.56 Å². The van der Waals surface area contributed by atoms with Crippen LogP contribution in [0.25, 0.3) is 0 Å². The van der Waals surface area contributed by atoms with Gasteiger partial charge in [0.2, 0.25) is 10.0 Å². The highest BCUT2D eigenvalue weighted by molar-refractivity contribution is 7.89. The van der Waals surface area contributed by atoms with Crippen LogP contribution in [0.3, 0.4) is 0 Å². The van der Waals surface area contributed by atoms with E-state index in [0.29, 0.717) is 24.8 Å². The minimum absolute atomic E-state index is 0.216. The van der Waals surface area contributed by atoms with Gasteiger partial charge < -0.3 is 4.74 Å². The van der Waals surface area contributed by atoms with Gasteiger partial charge >= 0.3 is 0 Å². The van der Waals surface area contributed by atoms with Gasteiger partial charge in [-0.1, -0.05) is 42.5 Å². The summed E-state index contributed by atoms with van der Waals surface area (Å²) in [5, 5.41) is 0. The maximum absolute atomic E-state index is 12.7. The predicted molar refractivity (Wildman–Crippen MR) is 107 cm³/mol. The molecular weight excluding hydrogens is 360 g/mol. The maximum atomic E-state index is 12.7. The fourth-order valence-electron chi connectivity index (χ4n) is 3.44. The van der Waals surface area contributed by atoms with Gasteiger partial charge in [0, 0.05) is 13.1 Å². The highest BCUT2D eigenvalue weighted by Gasteiger charge is 2.23. The van der Waals surface area contributed by atoms with E-state index in [0.717, 1.165) is 32.5 Å². The van der Waals surface area contributed by atoms with E-state index in [1.807, 2.05) is 13.0 Å². The smallest absolute Gasteiger partial charge is 0.244 e. The highest BCUT2D eigenvalue weighted by Crippen LogP contribution is 2.24. The summed E-state index contributed by atoms with van der Waals surface area (Å²) < 4.78 is 33.6. The number of nitrogens with zero attached hydrogens (tertiary/aromatic N) is 1. The van der Waals surface area contributed by atoms with Gasteiger partial charge in [0.05, 0.1) is 6.61 Å².